The van der Waals surface area contributed by atoms with Crippen LogP contribution in [0.4, 0.5) is 0 Å². The average Bonchev–Trinajstić information content (AvgIpc) is 2.99. The van der Waals surface area contributed by atoms with Crippen molar-refractivity contribution >= 4 is 11.3 Å². The minimum atomic E-state index is -0.0207. The minimum Gasteiger partial charge on any atom is -0.311 e. The summed E-state index contributed by atoms with van der Waals surface area (Å²) in [6.07, 6.45) is 4.12. The highest BCUT2D eigenvalue weighted by molar-refractivity contribution is 7.07. The van der Waals surface area contributed by atoms with Gasteiger partial charge in [-0.3, -0.25) is 4.99 Å². The molecule has 0 saturated heterocycles. The van der Waals surface area contributed by atoms with Gasteiger partial charge in [0.25, 0.3) is 0 Å². The molecule has 0 fully saturated rings. The second-order valence-corrected chi connectivity index (χ2v) is 7.80. The van der Waals surface area contributed by atoms with E-state index in [1.807, 2.05) is 11.6 Å². The summed E-state index contributed by atoms with van der Waals surface area (Å²) in [7, 11) is 2.03. The molecule has 0 aliphatic rings. The van der Waals surface area contributed by atoms with Crippen molar-refractivity contribution in [2.75, 3.05) is 0 Å². The second-order valence-electron chi connectivity index (χ2n) is 6.96. The summed E-state index contributed by atoms with van der Waals surface area (Å²) in [6, 6.07) is 14.8. The van der Waals surface area contributed by atoms with Crippen molar-refractivity contribution in [2.45, 2.75) is 32.9 Å². The molecule has 3 aromatic rings. The first-order chi connectivity index (χ1) is 11.4. The van der Waals surface area contributed by atoms with E-state index < -0.39 is 0 Å². The number of hydrogen-bond acceptors (Lipinski definition) is 2. The lowest BCUT2D eigenvalue weighted by molar-refractivity contribution is -0.671. The summed E-state index contributed by atoms with van der Waals surface area (Å²) < 4.78 is 4.38. The lowest BCUT2D eigenvalue weighted by atomic mass is 10.1. The quantitative estimate of drug-likeness (QED) is 0.646. The normalized spacial score (nSPS) is 12.6. The topological polar surface area (TPSA) is 21.2 Å². The Kier molecular flexibility index (Phi) is 4.67. The van der Waals surface area contributed by atoms with Gasteiger partial charge in [-0.15, -0.1) is 11.3 Å². The molecular weight excluding hydrogens is 314 g/mol. The zero-order chi connectivity index (χ0) is 17.2. The van der Waals surface area contributed by atoms with E-state index in [1.54, 1.807) is 11.3 Å². The van der Waals surface area contributed by atoms with E-state index in [4.69, 9.17) is 4.99 Å². The van der Waals surface area contributed by atoms with E-state index in [2.05, 4.69) is 85.6 Å². The van der Waals surface area contributed by atoms with E-state index in [1.165, 1.54) is 16.8 Å². The highest BCUT2D eigenvalue weighted by atomic mass is 32.1. The molecule has 0 spiro atoms. The van der Waals surface area contributed by atoms with Crippen molar-refractivity contribution in [2.24, 2.45) is 12.0 Å². The molecule has 4 heteroatoms. The Morgan fingerprint density at radius 2 is 1.71 bits per heavy atom. The number of aromatic nitrogens is 2. The SMILES string of the molecule is C[n+]1ccc(CN=c2scc(-c3ccccc3)n2C(C)(C)C)cc1. The third-order valence-corrected chi connectivity index (χ3v) is 4.76. The van der Waals surface area contributed by atoms with E-state index in [0.717, 1.165) is 4.80 Å². The maximum Gasteiger partial charge on any atom is 0.186 e. The summed E-state index contributed by atoms with van der Waals surface area (Å²) in [5, 5.41) is 2.21. The Hall–Kier alpha value is -2.20. The number of nitrogens with zero attached hydrogens (tertiary/aromatic N) is 3. The van der Waals surface area contributed by atoms with Gasteiger partial charge in [-0.05, 0) is 31.9 Å². The largest absolute Gasteiger partial charge is 0.311 e. The van der Waals surface area contributed by atoms with Crippen molar-refractivity contribution in [3.63, 3.8) is 0 Å². The molecule has 0 radical (unpaired) electrons. The number of hydrogen-bond donors (Lipinski definition) is 0. The van der Waals surface area contributed by atoms with Gasteiger partial charge < -0.3 is 4.57 Å². The zero-order valence-corrected chi connectivity index (χ0v) is 15.5. The van der Waals surface area contributed by atoms with E-state index >= 15 is 0 Å². The van der Waals surface area contributed by atoms with E-state index in [-0.39, 0.29) is 5.54 Å². The van der Waals surface area contributed by atoms with Gasteiger partial charge >= 0.3 is 0 Å². The fourth-order valence-corrected chi connectivity index (χ4v) is 3.75. The van der Waals surface area contributed by atoms with Gasteiger partial charge in [0.05, 0.1) is 12.2 Å². The van der Waals surface area contributed by atoms with E-state index in [0.29, 0.717) is 6.54 Å². The van der Waals surface area contributed by atoms with Crippen molar-refractivity contribution in [3.8, 4) is 11.3 Å². The van der Waals surface area contributed by atoms with Crippen molar-refractivity contribution in [3.05, 3.63) is 70.6 Å². The molecule has 0 aliphatic heterocycles. The summed E-state index contributed by atoms with van der Waals surface area (Å²) in [4.78, 5) is 5.96. The Labute approximate surface area is 147 Å². The van der Waals surface area contributed by atoms with Crippen LogP contribution in [0.5, 0.6) is 0 Å². The summed E-state index contributed by atoms with van der Waals surface area (Å²) in [6.45, 7) is 7.39. The average molecular weight is 339 g/mol. The van der Waals surface area contributed by atoms with Crippen LogP contribution in [-0.2, 0) is 19.1 Å². The van der Waals surface area contributed by atoms with Crippen LogP contribution in [0.25, 0.3) is 11.3 Å². The number of thiazole rings is 1. The molecule has 3 nitrogen and oxygen atoms in total. The van der Waals surface area contributed by atoms with Crippen molar-refractivity contribution in [1.29, 1.82) is 0 Å². The second kappa shape index (κ2) is 6.73. The Morgan fingerprint density at radius 3 is 2.33 bits per heavy atom. The van der Waals surface area contributed by atoms with Gasteiger partial charge in [0.2, 0.25) is 0 Å². The lowest BCUT2D eigenvalue weighted by Crippen LogP contribution is -2.32. The van der Waals surface area contributed by atoms with Gasteiger partial charge in [-0.25, -0.2) is 4.57 Å². The number of benzene rings is 1. The maximum atomic E-state index is 4.89. The standard InChI is InChI=1S/C20H24N3S/c1-20(2,3)23-18(17-8-6-5-7-9-17)15-24-19(23)21-14-16-10-12-22(4)13-11-16/h5-13,15H,14H2,1-4H3/q+1. The monoisotopic (exact) mass is 338 g/mol. The van der Waals surface area contributed by atoms with Crippen molar-refractivity contribution in [1.82, 2.24) is 4.57 Å². The molecule has 24 heavy (non-hydrogen) atoms. The molecule has 3 rings (SSSR count). The van der Waals surface area contributed by atoms with Crippen molar-refractivity contribution < 1.29 is 4.57 Å². The molecular formula is C20H24N3S+. The van der Waals surface area contributed by atoms with Crippen LogP contribution in [0.1, 0.15) is 26.3 Å². The van der Waals surface area contributed by atoms with Crippen LogP contribution in [0.3, 0.4) is 0 Å². The van der Waals surface area contributed by atoms with Gasteiger partial charge in [-0.2, -0.15) is 0 Å². The zero-order valence-electron chi connectivity index (χ0n) is 14.7. The predicted octanol–water partition coefficient (Wildman–Crippen LogP) is 3.90. The van der Waals surface area contributed by atoms with Crippen LogP contribution in [-0.4, -0.2) is 4.57 Å². The molecule has 2 heterocycles. The van der Waals surface area contributed by atoms with Crippen LogP contribution in [0, 0.1) is 0 Å². The number of pyridine rings is 1. The molecule has 1 aromatic carbocycles. The predicted molar refractivity (Wildman–Crippen MR) is 99.6 cm³/mol. The van der Waals surface area contributed by atoms with Crippen LogP contribution < -0.4 is 9.37 Å². The van der Waals surface area contributed by atoms with Crippen LogP contribution in [0.2, 0.25) is 0 Å². The van der Waals surface area contributed by atoms with E-state index in [9.17, 15) is 0 Å². The fourth-order valence-electron chi connectivity index (χ4n) is 2.68. The molecule has 124 valence electrons. The summed E-state index contributed by atoms with van der Waals surface area (Å²) >= 11 is 1.71. The first kappa shape index (κ1) is 16.7. The molecule has 0 unspecified atom stereocenters. The highest BCUT2D eigenvalue weighted by Gasteiger charge is 2.19. The molecule has 2 aromatic heterocycles. The molecule has 0 aliphatic carbocycles. The molecule has 0 amide bonds. The smallest absolute Gasteiger partial charge is 0.186 e. The number of rotatable bonds is 3. The first-order valence-electron chi connectivity index (χ1n) is 8.16. The Morgan fingerprint density at radius 1 is 1.04 bits per heavy atom. The van der Waals surface area contributed by atoms with Gasteiger partial charge in [0, 0.05) is 23.1 Å². The Bertz CT molecular complexity index is 866. The molecule has 0 saturated carbocycles. The van der Waals surface area contributed by atoms with Gasteiger partial charge in [0.15, 0.2) is 17.2 Å². The maximum absolute atomic E-state index is 4.89. The first-order valence-corrected chi connectivity index (χ1v) is 9.04. The Balaban J connectivity index is 2.03. The molecule has 0 N–H and O–H groups in total. The third-order valence-electron chi connectivity index (χ3n) is 3.89. The molecule has 0 bridgehead atoms. The molecule has 0 atom stereocenters. The summed E-state index contributed by atoms with van der Waals surface area (Å²) in [5.74, 6) is 0. The minimum absolute atomic E-state index is 0.0207. The van der Waals surface area contributed by atoms with Crippen LogP contribution in [0.15, 0.2) is 65.2 Å². The van der Waals surface area contributed by atoms with Gasteiger partial charge in [0.1, 0.15) is 7.05 Å². The number of aryl methyl sites for hydroxylation is 1. The lowest BCUT2D eigenvalue weighted by Gasteiger charge is -2.24. The van der Waals surface area contributed by atoms with Crippen LogP contribution >= 0.6 is 11.3 Å². The fraction of sp³-hybridized carbons (Fsp3) is 0.300. The summed E-state index contributed by atoms with van der Waals surface area (Å²) in [5.41, 5.74) is 3.67. The highest BCUT2D eigenvalue weighted by Crippen LogP contribution is 2.25. The third kappa shape index (κ3) is 3.65. The van der Waals surface area contributed by atoms with Gasteiger partial charge in [-0.1, -0.05) is 30.3 Å².